The van der Waals surface area contributed by atoms with Crippen molar-refractivity contribution in [1.82, 2.24) is 4.90 Å². The van der Waals surface area contributed by atoms with Crippen LogP contribution in [-0.4, -0.2) is 49.1 Å². The highest BCUT2D eigenvalue weighted by atomic mass is 16.5. The van der Waals surface area contributed by atoms with Gasteiger partial charge in [-0.05, 0) is 56.1 Å². The molecular formula is C25H29N3O4. The molecule has 0 aromatic heterocycles. The van der Waals surface area contributed by atoms with E-state index in [9.17, 15) is 9.59 Å². The van der Waals surface area contributed by atoms with Crippen molar-refractivity contribution in [3.63, 3.8) is 0 Å². The van der Waals surface area contributed by atoms with E-state index in [1.54, 1.807) is 4.90 Å². The molecule has 0 aliphatic carbocycles. The maximum atomic E-state index is 13.5. The fourth-order valence-electron chi connectivity index (χ4n) is 5.00. The molecule has 0 spiro atoms. The standard InChI is InChI=1S/C25H29N3O4/c1-17-14-24(29)26-19-6-2-3-7-21(19)28(17)25(30)16-27-11-4-8-20(27)18-9-10-22-23(15-18)32-13-5-12-31-22/h2-3,6-7,9-10,15,17,20H,4-5,8,11-14,16H2,1H3,(H,26,29)/t17-,20+/m0/s1. The molecule has 1 saturated heterocycles. The first-order chi connectivity index (χ1) is 15.6. The zero-order valence-electron chi connectivity index (χ0n) is 18.4. The highest BCUT2D eigenvalue weighted by Crippen LogP contribution is 2.38. The number of nitrogens with one attached hydrogen (secondary N) is 1. The van der Waals surface area contributed by atoms with Gasteiger partial charge in [0, 0.05) is 24.9 Å². The number of carbonyl (C=O) groups is 2. The molecule has 0 radical (unpaired) electrons. The van der Waals surface area contributed by atoms with E-state index in [-0.39, 0.29) is 30.3 Å². The van der Waals surface area contributed by atoms with Crippen LogP contribution in [0.4, 0.5) is 11.4 Å². The number of amides is 2. The van der Waals surface area contributed by atoms with Crippen molar-refractivity contribution < 1.29 is 19.1 Å². The van der Waals surface area contributed by atoms with Crippen LogP contribution in [0.15, 0.2) is 42.5 Å². The average Bonchev–Trinajstić information content (AvgIpc) is 3.03. The summed E-state index contributed by atoms with van der Waals surface area (Å²) in [6.07, 6.45) is 3.20. The van der Waals surface area contributed by atoms with Gasteiger partial charge in [0.05, 0.1) is 31.1 Å². The molecule has 7 heteroatoms. The molecule has 1 N–H and O–H groups in total. The second-order valence-corrected chi connectivity index (χ2v) is 8.77. The Bertz CT molecular complexity index is 1020. The minimum absolute atomic E-state index is 0.0164. The van der Waals surface area contributed by atoms with Crippen molar-refractivity contribution in [2.45, 2.75) is 44.7 Å². The fourth-order valence-corrected chi connectivity index (χ4v) is 5.00. The fraction of sp³-hybridized carbons (Fsp3) is 0.440. The molecule has 0 unspecified atom stereocenters. The van der Waals surface area contributed by atoms with E-state index < -0.39 is 0 Å². The van der Waals surface area contributed by atoms with Crippen LogP contribution in [0.25, 0.3) is 0 Å². The van der Waals surface area contributed by atoms with Crippen LogP contribution < -0.4 is 19.7 Å². The number of nitrogens with zero attached hydrogens (tertiary/aromatic N) is 2. The summed E-state index contributed by atoms with van der Waals surface area (Å²) < 4.78 is 11.6. The van der Waals surface area contributed by atoms with Crippen LogP contribution in [0.1, 0.15) is 44.2 Å². The minimum atomic E-state index is -0.203. The second kappa shape index (κ2) is 8.82. The third-order valence-corrected chi connectivity index (χ3v) is 6.49. The van der Waals surface area contributed by atoms with Gasteiger partial charge in [0.15, 0.2) is 11.5 Å². The van der Waals surface area contributed by atoms with E-state index in [0.717, 1.165) is 48.6 Å². The Morgan fingerprint density at radius 1 is 1.09 bits per heavy atom. The highest BCUT2D eigenvalue weighted by molar-refractivity contribution is 6.04. The summed E-state index contributed by atoms with van der Waals surface area (Å²) in [5.74, 6) is 1.53. The molecular weight excluding hydrogens is 406 g/mol. The lowest BCUT2D eigenvalue weighted by molar-refractivity contribution is -0.120. The minimum Gasteiger partial charge on any atom is -0.490 e. The predicted molar refractivity (Wildman–Crippen MR) is 122 cm³/mol. The number of hydrogen-bond donors (Lipinski definition) is 1. The second-order valence-electron chi connectivity index (χ2n) is 8.77. The Morgan fingerprint density at radius 3 is 2.78 bits per heavy atom. The smallest absolute Gasteiger partial charge is 0.241 e. The highest BCUT2D eigenvalue weighted by Gasteiger charge is 2.34. The number of para-hydroxylation sites is 2. The van der Waals surface area contributed by atoms with Crippen LogP contribution in [0, 0.1) is 0 Å². The lowest BCUT2D eigenvalue weighted by atomic mass is 10.0. The molecule has 3 aliphatic rings. The summed E-state index contributed by atoms with van der Waals surface area (Å²) in [4.78, 5) is 29.8. The Morgan fingerprint density at radius 2 is 1.91 bits per heavy atom. The predicted octanol–water partition coefficient (Wildman–Crippen LogP) is 3.75. The number of benzene rings is 2. The molecule has 2 atom stereocenters. The number of carbonyl (C=O) groups excluding carboxylic acids is 2. The first kappa shape index (κ1) is 20.8. The normalized spacial score (nSPS) is 23.2. The molecule has 0 bridgehead atoms. The zero-order chi connectivity index (χ0) is 22.1. The molecule has 2 amide bonds. The van der Waals surface area contributed by atoms with Gasteiger partial charge in [-0.15, -0.1) is 0 Å². The SMILES string of the molecule is C[C@H]1CC(=O)Nc2ccccc2N1C(=O)CN1CCC[C@@H]1c1ccc2c(c1)OCCCO2. The first-order valence-corrected chi connectivity index (χ1v) is 11.4. The van der Waals surface area contributed by atoms with E-state index >= 15 is 0 Å². The molecule has 0 saturated carbocycles. The number of ether oxygens (including phenoxy) is 2. The van der Waals surface area contributed by atoms with Crippen molar-refractivity contribution in [2.75, 3.05) is 36.5 Å². The molecule has 32 heavy (non-hydrogen) atoms. The Balaban J connectivity index is 1.37. The number of fused-ring (bicyclic) bond motifs is 2. The maximum absolute atomic E-state index is 13.5. The third kappa shape index (κ3) is 4.05. The molecule has 168 valence electrons. The van der Waals surface area contributed by atoms with Crippen molar-refractivity contribution in [3.05, 3.63) is 48.0 Å². The number of hydrogen-bond acceptors (Lipinski definition) is 5. The first-order valence-electron chi connectivity index (χ1n) is 11.4. The van der Waals surface area contributed by atoms with Crippen LogP contribution in [-0.2, 0) is 9.59 Å². The van der Waals surface area contributed by atoms with Crippen LogP contribution in [0.3, 0.4) is 0 Å². The van der Waals surface area contributed by atoms with Crippen molar-refractivity contribution in [2.24, 2.45) is 0 Å². The monoisotopic (exact) mass is 435 g/mol. The van der Waals surface area contributed by atoms with E-state index in [0.29, 0.717) is 25.4 Å². The summed E-state index contributed by atoms with van der Waals surface area (Å²) in [6, 6.07) is 13.6. The molecule has 5 rings (SSSR count). The summed E-state index contributed by atoms with van der Waals surface area (Å²) >= 11 is 0. The number of likely N-dealkylation sites (tertiary alicyclic amines) is 1. The van der Waals surface area contributed by atoms with Crippen molar-refractivity contribution in [1.29, 1.82) is 0 Å². The van der Waals surface area contributed by atoms with Gasteiger partial charge in [-0.2, -0.15) is 0 Å². The van der Waals surface area contributed by atoms with Crippen LogP contribution >= 0.6 is 0 Å². The van der Waals surface area contributed by atoms with Gasteiger partial charge in [-0.25, -0.2) is 0 Å². The molecule has 7 nitrogen and oxygen atoms in total. The largest absolute Gasteiger partial charge is 0.490 e. The number of anilines is 2. The van der Waals surface area contributed by atoms with E-state index in [1.807, 2.05) is 37.3 Å². The van der Waals surface area contributed by atoms with Crippen LogP contribution in [0.2, 0.25) is 0 Å². The molecule has 2 aromatic rings. The van der Waals surface area contributed by atoms with Gasteiger partial charge in [-0.3, -0.25) is 14.5 Å². The Kier molecular flexibility index (Phi) is 5.74. The Labute approximate surface area is 188 Å². The molecule has 3 heterocycles. The van der Waals surface area contributed by atoms with Gasteiger partial charge in [0.1, 0.15) is 0 Å². The maximum Gasteiger partial charge on any atom is 0.241 e. The lowest BCUT2D eigenvalue weighted by Gasteiger charge is -2.31. The van der Waals surface area contributed by atoms with E-state index in [2.05, 4.69) is 22.3 Å². The van der Waals surface area contributed by atoms with Gasteiger partial charge in [0.25, 0.3) is 0 Å². The lowest BCUT2D eigenvalue weighted by Crippen LogP contribution is -2.45. The third-order valence-electron chi connectivity index (χ3n) is 6.49. The topological polar surface area (TPSA) is 71.1 Å². The van der Waals surface area contributed by atoms with Gasteiger partial charge >= 0.3 is 0 Å². The van der Waals surface area contributed by atoms with Crippen molar-refractivity contribution in [3.8, 4) is 11.5 Å². The zero-order valence-corrected chi connectivity index (χ0v) is 18.4. The van der Waals surface area contributed by atoms with E-state index in [4.69, 9.17) is 9.47 Å². The Hall–Kier alpha value is -3.06. The van der Waals surface area contributed by atoms with E-state index in [1.165, 1.54) is 0 Å². The quantitative estimate of drug-likeness (QED) is 0.795. The molecule has 2 aromatic carbocycles. The van der Waals surface area contributed by atoms with Gasteiger partial charge in [0.2, 0.25) is 11.8 Å². The molecule has 1 fully saturated rings. The summed E-state index contributed by atoms with van der Waals surface area (Å²) in [6.45, 7) is 4.44. The van der Waals surface area contributed by atoms with Crippen LogP contribution in [0.5, 0.6) is 11.5 Å². The van der Waals surface area contributed by atoms with Crippen molar-refractivity contribution >= 4 is 23.2 Å². The van der Waals surface area contributed by atoms with Gasteiger partial charge in [-0.1, -0.05) is 18.2 Å². The number of rotatable bonds is 3. The summed E-state index contributed by atoms with van der Waals surface area (Å²) in [5.41, 5.74) is 2.61. The summed E-state index contributed by atoms with van der Waals surface area (Å²) in [7, 11) is 0. The van der Waals surface area contributed by atoms with Gasteiger partial charge < -0.3 is 19.7 Å². The average molecular weight is 436 g/mol. The summed E-state index contributed by atoms with van der Waals surface area (Å²) in [5, 5.41) is 2.93. The molecule has 3 aliphatic heterocycles.